The molecule has 4 N–H and O–H groups in total. The SMILES string of the molecule is CC(C)(C)c1cc(C(=O)O)c(O)c(C(C)(C)C)c1.CC(C)(C)c1cc(C(=O)O)c(O)c(C(C)(C)C)c1.[Mn]. The molecular formula is C30H44MnO6. The van der Waals surface area contributed by atoms with Crippen LogP contribution in [0.4, 0.5) is 0 Å². The fourth-order valence-corrected chi connectivity index (χ4v) is 3.60. The van der Waals surface area contributed by atoms with E-state index in [1.165, 1.54) is 0 Å². The van der Waals surface area contributed by atoms with Crippen molar-refractivity contribution in [3.63, 3.8) is 0 Å². The van der Waals surface area contributed by atoms with Crippen LogP contribution in [-0.2, 0) is 38.7 Å². The van der Waals surface area contributed by atoms with Crippen LogP contribution in [0.15, 0.2) is 24.3 Å². The van der Waals surface area contributed by atoms with Crippen molar-refractivity contribution >= 4 is 11.9 Å². The summed E-state index contributed by atoms with van der Waals surface area (Å²) in [6.07, 6.45) is 0. The second-order valence-electron chi connectivity index (χ2n) is 13.5. The van der Waals surface area contributed by atoms with E-state index in [0.29, 0.717) is 11.1 Å². The van der Waals surface area contributed by atoms with Crippen LogP contribution >= 0.6 is 0 Å². The predicted octanol–water partition coefficient (Wildman–Crippen LogP) is 7.37. The number of rotatable bonds is 2. The summed E-state index contributed by atoms with van der Waals surface area (Å²) in [7, 11) is 0. The van der Waals surface area contributed by atoms with E-state index in [0.717, 1.165) is 11.1 Å². The second-order valence-corrected chi connectivity index (χ2v) is 13.5. The molecule has 37 heavy (non-hydrogen) atoms. The van der Waals surface area contributed by atoms with Crippen LogP contribution in [0.1, 0.15) is 126 Å². The minimum Gasteiger partial charge on any atom is -0.507 e. The molecule has 0 aliphatic heterocycles. The largest absolute Gasteiger partial charge is 0.507 e. The molecule has 0 bridgehead atoms. The maximum atomic E-state index is 11.2. The number of aromatic carboxylic acids is 2. The molecule has 2 aromatic carbocycles. The van der Waals surface area contributed by atoms with Gasteiger partial charge < -0.3 is 20.4 Å². The molecule has 0 saturated heterocycles. The quantitative estimate of drug-likeness (QED) is 0.288. The molecule has 6 nitrogen and oxygen atoms in total. The normalized spacial score (nSPS) is 12.2. The van der Waals surface area contributed by atoms with Gasteiger partial charge in [0, 0.05) is 28.2 Å². The summed E-state index contributed by atoms with van der Waals surface area (Å²) < 4.78 is 0. The predicted molar refractivity (Wildman–Crippen MR) is 145 cm³/mol. The molecule has 1 radical (unpaired) electrons. The van der Waals surface area contributed by atoms with E-state index in [2.05, 4.69) is 0 Å². The summed E-state index contributed by atoms with van der Waals surface area (Å²) in [4.78, 5) is 22.4. The molecule has 0 aliphatic carbocycles. The average Bonchev–Trinajstić information content (AvgIpc) is 2.64. The second kappa shape index (κ2) is 11.5. The zero-order chi connectivity index (χ0) is 28.6. The number of carbonyl (C=O) groups is 2. The van der Waals surface area contributed by atoms with E-state index in [4.69, 9.17) is 0 Å². The molecule has 0 heterocycles. The van der Waals surface area contributed by atoms with Crippen molar-refractivity contribution in [1.29, 1.82) is 0 Å². The Balaban J connectivity index is 0.000000682. The fraction of sp³-hybridized carbons (Fsp3) is 0.533. The van der Waals surface area contributed by atoms with E-state index >= 15 is 0 Å². The number of phenols is 2. The molecule has 2 rings (SSSR count). The van der Waals surface area contributed by atoms with Gasteiger partial charge in [-0.2, -0.15) is 0 Å². The van der Waals surface area contributed by atoms with E-state index in [-0.39, 0.29) is 61.4 Å². The summed E-state index contributed by atoms with van der Waals surface area (Å²) in [5, 5.41) is 38.6. The van der Waals surface area contributed by atoms with Crippen molar-refractivity contribution in [2.45, 2.75) is 105 Å². The van der Waals surface area contributed by atoms with Gasteiger partial charge in [0.15, 0.2) is 0 Å². The third-order valence-corrected chi connectivity index (χ3v) is 6.03. The van der Waals surface area contributed by atoms with Crippen molar-refractivity contribution < 1.29 is 47.1 Å². The topological polar surface area (TPSA) is 115 Å². The summed E-state index contributed by atoms with van der Waals surface area (Å²) >= 11 is 0. The molecule has 0 spiro atoms. The number of hydrogen-bond acceptors (Lipinski definition) is 4. The minimum absolute atomic E-state index is 0. The summed E-state index contributed by atoms with van der Waals surface area (Å²) in [6.45, 7) is 23.9. The van der Waals surface area contributed by atoms with Gasteiger partial charge in [0.05, 0.1) is 0 Å². The van der Waals surface area contributed by atoms with Gasteiger partial charge in [-0.1, -0.05) is 95.2 Å². The Labute approximate surface area is 232 Å². The molecule has 0 atom stereocenters. The first-order chi connectivity index (χ1) is 15.9. The number of carboxylic acid groups (broad SMARTS) is 2. The number of carboxylic acids is 2. The molecule has 0 aromatic heterocycles. The zero-order valence-electron chi connectivity index (χ0n) is 24.3. The van der Waals surface area contributed by atoms with E-state index in [1.54, 1.807) is 12.1 Å². The van der Waals surface area contributed by atoms with Gasteiger partial charge in [0.1, 0.15) is 22.6 Å². The van der Waals surface area contributed by atoms with Crippen molar-refractivity contribution in [1.82, 2.24) is 0 Å². The molecule has 0 fully saturated rings. The summed E-state index contributed by atoms with van der Waals surface area (Å²) in [5.41, 5.74) is 2.24. The first-order valence-electron chi connectivity index (χ1n) is 12.1. The van der Waals surface area contributed by atoms with Crippen molar-refractivity contribution in [2.24, 2.45) is 0 Å². The molecule has 7 heteroatoms. The van der Waals surface area contributed by atoms with Crippen LogP contribution in [0.25, 0.3) is 0 Å². The van der Waals surface area contributed by atoms with E-state index in [1.807, 2.05) is 95.2 Å². The van der Waals surface area contributed by atoms with Crippen LogP contribution < -0.4 is 0 Å². The van der Waals surface area contributed by atoms with Gasteiger partial charge in [0.25, 0.3) is 0 Å². The van der Waals surface area contributed by atoms with Crippen LogP contribution in [0.5, 0.6) is 11.5 Å². The van der Waals surface area contributed by atoms with Crippen LogP contribution in [0.2, 0.25) is 0 Å². The van der Waals surface area contributed by atoms with Gasteiger partial charge in [0.2, 0.25) is 0 Å². The maximum Gasteiger partial charge on any atom is 0.339 e. The Morgan fingerprint density at radius 2 is 0.757 bits per heavy atom. The van der Waals surface area contributed by atoms with Crippen molar-refractivity contribution in [3.8, 4) is 11.5 Å². The molecule has 0 saturated carbocycles. The molecule has 2 aromatic rings. The molecule has 0 amide bonds. The third kappa shape index (κ3) is 8.79. The van der Waals surface area contributed by atoms with Gasteiger partial charge in [-0.15, -0.1) is 0 Å². The monoisotopic (exact) mass is 555 g/mol. The Kier molecular flexibility index (Phi) is 10.7. The molecule has 207 valence electrons. The molecule has 0 aliphatic rings. The van der Waals surface area contributed by atoms with Gasteiger partial charge in [-0.3, -0.25) is 0 Å². The zero-order valence-corrected chi connectivity index (χ0v) is 25.5. The van der Waals surface area contributed by atoms with Gasteiger partial charge in [-0.25, -0.2) is 9.59 Å². The van der Waals surface area contributed by atoms with Crippen molar-refractivity contribution in [2.75, 3.05) is 0 Å². The first kappa shape index (κ1) is 34.5. The van der Waals surface area contributed by atoms with E-state index < -0.39 is 11.9 Å². The van der Waals surface area contributed by atoms with E-state index in [9.17, 15) is 30.0 Å². The van der Waals surface area contributed by atoms with Crippen molar-refractivity contribution in [3.05, 3.63) is 57.6 Å². The molecule has 0 unspecified atom stereocenters. The number of hydrogen-bond donors (Lipinski definition) is 4. The minimum atomic E-state index is -1.09. The standard InChI is InChI=1S/2C15H22O3.Mn/c2*1-14(2,3)9-7-10(13(17)18)12(16)11(8-9)15(4,5)6;/h2*7-8,16H,1-6H3,(H,17,18);. The third-order valence-electron chi connectivity index (χ3n) is 6.03. The Morgan fingerprint density at radius 3 is 0.919 bits per heavy atom. The van der Waals surface area contributed by atoms with Crippen LogP contribution in [-0.4, -0.2) is 32.4 Å². The summed E-state index contributed by atoms with van der Waals surface area (Å²) in [5.74, 6) is -2.43. The van der Waals surface area contributed by atoms with Crippen LogP contribution in [0, 0.1) is 0 Å². The van der Waals surface area contributed by atoms with Gasteiger partial charge in [-0.05, 0) is 44.9 Å². The fourth-order valence-electron chi connectivity index (χ4n) is 3.60. The smallest absolute Gasteiger partial charge is 0.339 e. The maximum absolute atomic E-state index is 11.2. The average molecular weight is 556 g/mol. The van der Waals surface area contributed by atoms with Crippen LogP contribution in [0.3, 0.4) is 0 Å². The first-order valence-corrected chi connectivity index (χ1v) is 12.1. The van der Waals surface area contributed by atoms with Gasteiger partial charge >= 0.3 is 11.9 Å². The summed E-state index contributed by atoms with van der Waals surface area (Å²) in [6, 6.07) is 6.93. The number of aromatic hydroxyl groups is 2. The Morgan fingerprint density at radius 1 is 0.514 bits per heavy atom. The molecular weight excluding hydrogens is 511 g/mol. The Bertz CT molecular complexity index is 1050. The Hall–Kier alpha value is -2.50. The number of benzene rings is 2.